The third-order valence-corrected chi connectivity index (χ3v) is 2.84. The van der Waals surface area contributed by atoms with Crippen molar-refractivity contribution in [2.45, 2.75) is 64.3 Å². The molecular formula is C14H26O7. The molecule has 0 aromatic heterocycles. The van der Waals surface area contributed by atoms with Crippen LogP contribution in [-0.2, 0) is 19.1 Å². The van der Waals surface area contributed by atoms with Crippen LogP contribution in [0.5, 0.6) is 0 Å². The summed E-state index contributed by atoms with van der Waals surface area (Å²) >= 11 is 0. The Hall–Kier alpha value is -1.18. The molecule has 0 aromatic carbocycles. The van der Waals surface area contributed by atoms with E-state index in [9.17, 15) is 24.9 Å². The lowest BCUT2D eigenvalue weighted by molar-refractivity contribution is -0.167. The number of esters is 2. The number of hydrogen-bond acceptors (Lipinski definition) is 7. The number of unbranched alkanes of at least 4 members (excludes halogenated alkanes) is 2. The van der Waals surface area contributed by atoms with Crippen LogP contribution < -0.4 is 0 Å². The summed E-state index contributed by atoms with van der Waals surface area (Å²) < 4.78 is 9.54. The Morgan fingerprint density at radius 2 is 1.48 bits per heavy atom. The molecule has 0 aliphatic rings. The predicted molar refractivity (Wildman–Crippen MR) is 74.4 cm³/mol. The standard InChI is InChI=1S/C14H26O7/c1-3-5-7-20-11(16)9-10(15)12(17)13(18)14(19)21-8-6-4-2/h10,12-13,15,17-18H,3-9H2,1-2H3/t10-,12+,13-/m1/s1. The zero-order chi connectivity index (χ0) is 16.3. The van der Waals surface area contributed by atoms with Gasteiger partial charge in [0.1, 0.15) is 6.10 Å². The fraction of sp³-hybridized carbons (Fsp3) is 0.857. The van der Waals surface area contributed by atoms with Crippen molar-refractivity contribution in [3.63, 3.8) is 0 Å². The summed E-state index contributed by atoms with van der Waals surface area (Å²) in [5.74, 6) is -1.71. The smallest absolute Gasteiger partial charge is 0.337 e. The maximum absolute atomic E-state index is 11.4. The Kier molecular flexibility index (Phi) is 10.8. The van der Waals surface area contributed by atoms with E-state index in [0.717, 1.165) is 12.8 Å². The molecule has 0 bridgehead atoms. The minimum absolute atomic E-state index is 0.133. The highest BCUT2D eigenvalue weighted by atomic mass is 16.6. The fourth-order valence-electron chi connectivity index (χ4n) is 1.43. The van der Waals surface area contributed by atoms with Crippen molar-refractivity contribution in [3.8, 4) is 0 Å². The molecule has 0 saturated carbocycles. The first-order valence-electron chi connectivity index (χ1n) is 7.30. The zero-order valence-electron chi connectivity index (χ0n) is 12.7. The van der Waals surface area contributed by atoms with E-state index < -0.39 is 36.7 Å². The van der Waals surface area contributed by atoms with Gasteiger partial charge in [-0.3, -0.25) is 4.79 Å². The Bertz CT molecular complexity index is 306. The third kappa shape index (κ3) is 8.64. The minimum atomic E-state index is -1.89. The highest BCUT2D eigenvalue weighted by molar-refractivity contribution is 5.75. The first-order valence-corrected chi connectivity index (χ1v) is 7.30. The summed E-state index contributed by atoms with van der Waals surface area (Å²) in [6.45, 7) is 4.22. The normalized spacial score (nSPS) is 15.1. The Balaban J connectivity index is 4.13. The van der Waals surface area contributed by atoms with Gasteiger partial charge in [0.2, 0.25) is 0 Å². The summed E-state index contributed by atoms with van der Waals surface area (Å²) in [4.78, 5) is 22.7. The van der Waals surface area contributed by atoms with Gasteiger partial charge in [-0.15, -0.1) is 0 Å². The average molecular weight is 306 g/mol. The monoisotopic (exact) mass is 306 g/mol. The van der Waals surface area contributed by atoms with Gasteiger partial charge in [0.25, 0.3) is 0 Å². The van der Waals surface area contributed by atoms with Crippen LogP contribution in [0.2, 0.25) is 0 Å². The van der Waals surface area contributed by atoms with Gasteiger partial charge in [0.05, 0.1) is 25.7 Å². The topological polar surface area (TPSA) is 113 Å². The number of rotatable bonds is 11. The molecule has 3 atom stereocenters. The molecule has 0 fully saturated rings. The third-order valence-electron chi connectivity index (χ3n) is 2.84. The minimum Gasteiger partial charge on any atom is -0.466 e. The second kappa shape index (κ2) is 11.5. The van der Waals surface area contributed by atoms with E-state index >= 15 is 0 Å². The predicted octanol–water partition coefficient (Wildman–Crippen LogP) is 0.146. The molecule has 0 unspecified atom stereocenters. The molecular weight excluding hydrogens is 280 g/mol. The van der Waals surface area contributed by atoms with Gasteiger partial charge in [-0.05, 0) is 12.8 Å². The molecule has 21 heavy (non-hydrogen) atoms. The Morgan fingerprint density at radius 1 is 0.952 bits per heavy atom. The van der Waals surface area contributed by atoms with Crippen molar-refractivity contribution in [1.29, 1.82) is 0 Å². The van der Waals surface area contributed by atoms with Crippen LogP contribution in [0.4, 0.5) is 0 Å². The highest BCUT2D eigenvalue weighted by Gasteiger charge is 2.32. The molecule has 124 valence electrons. The van der Waals surface area contributed by atoms with Crippen LogP contribution in [0.1, 0.15) is 46.0 Å². The molecule has 0 aromatic rings. The van der Waals surface area contributed by atoms with Crippen molar-refractivity contribution in [2.75, 3.05) is 13.2 Å². The van der Waals surface area contributed by atoms with Crippen molar-refractivity contribution in [1.82, 2.24) is 0 Å². The van der Waals surface area contributed by atoms with Crippen LogP contribution in [-0.4, -0.2) is 58.8 Å². The fourth-order valence-corrected chi connectivity index (χ4v) is 1.43. The summed E-state index contributed by atoms with van der Waals surface area (Å²) in [6, 6.07) is 0. The molecule has 0 radical (unpaired) electrons. The van der Waals surface area contributed by atoms with Crippen LogP contribution in [0.25, 0.3) is 0 Å². The molecule has 0 aliphatic heterocycles. The average Bonchev–Trinajstić information content (AvgIpc) is 2.45. The molecule has 0 saturated heterocycles. The number of carbonyl (C=O) groups excluding carboxylic acids is 2. The molecule has 7 heteroatoms. The number of aliphatic hydroxyl groups is 3. The molecule has 3 N–H and O–H groups in total. The lowest BCUT2D eigenvalue weighted by Gasteiger charge is -2.21. The van der Waals surface area contributed by atoms with E-state index in [1.54, 1.807) is 0 Å². The maximum atomic E-state index is 11.4. The van der Waals surface area contributed by atoms with Gasteiger partial charge < -0.3 is 24.8 Å². The molecule has 0 rings (SSSR count). The number of carbonyl (C=O) groups is 2. The summed E-state index contributed by atoms with van der Waals surface area (Å²) in [5, 5.41) is 28.8. The Morgan fingerprint density at radius 3 is 2.00 bits per heavy atom. The van der Waals surface area contributed by atoms with E-state index in [2.05, 4.69) is 0 Å². The second-order valence-corrected chi connectivity index (χ2v) is 4.80. The van der Waals surface area contributed by atoms with E-state index in [-0.39, 0.29) is 13.2 Å². The van der Waals surface area contributed by atoms with Crippen LogP contribution in [0.15, 0.2) is 0 Å². The molecule has 0 heterocycles. The number of ether oxygens (including phenoxy) is 2. The quantitative estimate of drug-likeness (QED) is 0.368. The summed E-state index contributed by atoms with van der Waals surface area (Å²) in [5.41, 5.74) is 0. The van der Waals surface area contributed by atoms with Gasteiger partial charge in [-0.25, -0.2) is 4.79 Å². The highest BCUT2D eigenvalue weighted by Crippen LogP contribution is 2.08. The van der Waals surface area contributed by atoms with Crippen molar-refractivity contribution < 1.29 is 34.4 Å². The lowest BCUT2D eigenvalue weighted by atomic mass is 10.1. The lowest BCUT2D eigenvalue weighted by Crippen LogP contribution is -2.44. The van der Waals surface area contributed by atoms with E-state index in [4.69, 9.17) is 9.47 Å². The van der Waals surface area contributed by atoms with E-state index in [1.165, 1.54) is 0 Å². The maximum Gasteiger partial charge on any atom is 0.337 e. The van der Waals surface area contributed by atoms with Gasteiger partial charge in [0.15, 0.2) is 6.10 Å². The molecule has 0 spiro atoms. The van der Waals surface area contributed by atoms with Crippen LogP contribution in [0.3, 0.4) is 0 Å². The number of aliphatic hydroxyl groups excluding tert-OH is 3. The van der Waals surface area contributed by atoms with E-state index in [0.29, 0.717) is 12.8 Å². The molecule has 0 amide bonds. The largest absolute Gasteiger partial charge is 0.466 e. The second-order valence-electron chi connectivity index (χ2n) is 4.80. The van der Waals surface area contributed by atoms with Gasteiger partial charge in [-0.2, -0.15) is 0 Å². The SMILES string of the molecule is CCCCOC(=O)C[C@@H](O)[C@H](O)[C@@H](O)C(=O)OCCCC. The van der Waals surface area contributed by atoms with Crippen molar-refractivity contribution in [3.05, 3.63) is 0 Å². The Labute approximate surface area is 124 Å². The molecule has 7 nitrogen and oxygen atoms in total. The van der Waals surface area contributed by atoms with Crippen LogP contribution in [0, 0.1) is 0 Å². The van der Waals surface area contributed by atoms with Crippen molar-refractivity contribution in [2.24, 2.45) is 0 Å². The summed E-state index contributed by atoms with van der Waals surface area (Å²) in [7, 11) is 0. The van der Waals surface area contributed by atoms with E-state index in [1.807, 2.05) is 13.8 Å². The van der Waals surface area contributed by atoms with Gasteiger partial charge >= 0.3 is 11.9 Å². The molecule has 0 aliphatic carbocycles. The van der Waals surface area contributed by atoms with Gasteiger partial charge in [0, 0.05) is 0 Å². The van der Waals surface area contributed by atoms with Crippen LogP contribution >= 0.6 is 0 Å². The van der Waals surface area contributed by atoms with Gasteiger partial charge in [-0.1, -0.05) is 26.7 Å². The van der Waals surface area contributed by atoms with Crippen molar-refractivity contribution >= 4 is 11.9 Å². The zero-order valence-corrected chi connectivity index (χ0v) is 12.7. The first-order chi connectivity index (χ1) is 9.93. The first kappa shape index (κ1) is 19.8. The summed E-state index contributed by atoms with van der Waals surface area (Å²) in [6.07, 6.45) is -2.74. The number of hydrogen-bond donors (Lipinski definition) is 3.